The molecule has 0 aliphatic rings. The molecule has 0 saturated heterocycles. The molecule has 0 spiro atoms. The van der Waals surface area contributed by atoms with Crippen LogP contribution in [0.4, 0.5) is 0 Å². The summed E-state index contributed by atoms with van der Waals surface area (Å²) in [7, 11) is 2.01. The Morgan fingerprint density at radius 3 is 2.40 bits per heavy atom. The average molecular weight is 298 g/mol. The van der Waals surface area contributed by atoms with Gasteiger partial charge >= 0.3 is 0 Å². The summed E-state index contributed by atoms with van der Waals surface area (Å²) >= 11 is 1.76. The quantitative estimate of drug-likeness (QED) is 0.834. The number of likely N-dealkylation sites (N-methyl/N-ethyl adjacent to an activating group) is 1. The van der Waals surface area contributed by atoms with Crippen molar-refractivity contribution in [3.05, 3.63) is 16.1 Å². The summed E-state index contributed by atoms with van der Waals surface area (Å²) in [5, 5.41) is 6.79. The Hall–Kier alpha value is -0.450. The molecule has 3 nitrogen and oxygen atoms in total. The highest BCUT2D eigenvalue weighted by Gasteiger charge is 2.26. The van der Waals surface area contributed by atoms with Gasteiger partial charge in [0, 0.05) is 29.9 Å². The van der Waals surface area contributed by atoms with E-state index in [9.17, 15) is 0 Å². The van der Waals surface area contributed by atoms with Gasteiger partial charge in [0.1, 0.15) is 0 Å². The molecule has 20 heavy (non-hydrogen) atoms. The summed E-state index contributed by atoms with van der Waals surface area (Å²) in [6.07, 6.45) is 1.16. The van der Waals surface area contributed by atoms with Crippen molar-refractivity contribution in [3.63, 3.8) is 0 Å². The first-order valence-electron chi connectivity index (χ1n) is 7.53. The highest BCUT2D eigenvalue weighted by molar-refractivity contribution is 7.09. The molecule has 0 saturated carbocycles. The first kappa shape index (κ1) is 17.6. The maximum atomic E-state index is 5.92. The third-order valence-electron chi connectivity index (χ3n) is 3.50. The van der Waals surface area contributed by atoms with Gasteiger partial charge in [-0.15, -0.1) is 11.3 Å². The Bertz CT molecular complexity index is 395. The predicted octanol–water partition coefficient (Wildman–Crippen LogP) is 3.63. The molecular weight excluding hydrogens is 268 g/mol. The van der Waals surface area contributed by atoms with Gasteiger partial charge in [0.15, 0.2) is 0 Å². The van der Waals surface area contributed by atoms with Crippen LogP contribution in [0.2, 0.25) is 0 Å². The molecule has 0 amide bonds. The maximum absolute atomic E-state index is 5.92. The summed E-state index contributed by atoms with van der Waals surface area (Å²) in [4.78, 5) is 4.79. The van der Waals surface area contributed by atoms with E-state index >= 15 is 0 Å². The van der Waals surface area contributed by atoms with Crippen LogP contribution in [0.15, 0.2) is 5.38 Å². The zero-order valence-electron chi connectivity index (χ0n) is 14.0. The molecule has 116 valence electrons. The molecule has 0 aliphatic carbocycles. The van der Waals surface area contributed by atoms with E-state index in [-0.39, 0.29) is 11.5 Å². The lowest BCUT2D eigenvalue weighted by molar-refractivity contribution is 0.00533. The second-order valence-corrected chi connectivity index (χ2v) is 7.58. The number of hydrogen-bond acceptors (Lipinski definition) is 4. The maximum Gasteiger partial charge on any atom is 0.0945 e. The van der Waals surface area contributed by atoms with Crippen LogP contribution in [0, 0.1) is 5.92 Å². The lowest BCUT2D eigenvalue weighted by Crippen LogP contribution is -2.44. The molecular formula is C16H30N2OS. The first-order valence-corrected chi connectivity index (χ1v) is 8.41. The molecule has 0 aromatic carbocycles. The molecule has 1 heterocycles. The van der Waals surface area contributed by atoms with Crippen molar-refractivity contribution >= 4 is 11.3 Å². The molecule has 0 radical (unpaired) electrons. The molecule has 0 bridgehead atoms. The van der Waals surface area contributed by atoms with Crippen LogP contribution < -0.4 is 5.32 Å². The zero-order chi connectivity index (χ0) is 15.3. The largest absolute Gasteiger partial charge is 0.377 e. The van der Waals surface area contributed by atoms with Gasteiger partial charge in [0.2, 0.25) is 0 Å². The number of nitrogens with one attached hydrogen (secondary N) is 1. The van der Waals surface area contributed by atoms with Crippen LogP contribution in [0.1, 0.15) is 52.2 Å². The van der Waals surface area contributed by atoms with Crippen molar-refractivity contribution in [2.45, 2.75) is 65.5 Å². The van der Waals surface area contributed by atoms with Gasteiger partial charge in [-0.1, -0.05) is 34.6 Å². The van der Waals surface area contributed by atoms with E-state index < -0.39 is 0 Å². The number of ether oxygens (including phenoxy) is 1. The summed E-state index contributed by atoms with van der Waals surface area (Å²) in [6.45, 7) is 13.9. The van der Waals surface area contributed by atoms with Gasteiger partial charge in [-0.25, -0.2) is 4.98 Å². The van der Waals surface area contributed by atoms with Gasteiger partial charge in [-0.05, 0) is 19.9 Å². The number of thiazole rings is 1. The minimum Gasteiger partial charge on any atom is -0.377 e. The van der Waals surface area contributed by atoms with Crippen LogP contribution in [0.3, 0.4) is 0 Å². The van der Waals surface area contributed by atoms with E-state index in [1.54, 1.807) is 11.3 Å². The van der Waals surface area contributed by atoms with E-state index in [2.05, 4.69) is 52.2 Å². The molecule has 1 aromatic rings. The van der Waals surface area contributed by atoms with Gasteiger partial charge in [-0.2, -0.15) is 0 Å². The zero-order valence-corrected chi connectivity index (χ0v) is 14.8. The molecule has 0 aliphatic heterocycles. The smallest absolute Gasteiger partial charge is 0.0945 e. The van der Waals surface area contributed by atoms with Crippen LogP contribution in [-0.2, 0) is 16.6 Å². The number of aromatic nitrogens is 1. The van der Waals surface area contributed by atoms with E-state index in [1.807, 2.05) is 7.05 Å². The van der Waals surface area contributed by atoms with E-state index in [4.69, 9.17) is 9.72 Å². The molecule has 1 aromatic heterocycles. The average Bonchev–Trinajstić information content (AvgIpc) is 2.81. The lowest BCUT2D eigenvalue weighted by atomic mass is 9.93. The van der Waals surface area contributed by atoms with Gasteiger partial charge in [0.05, 0.1) is 16.8 Å². The van der Waals surface area contributed by atoms with Gasteiger partial charge < -0.3 is 10.1 Å². The third-order valence-corrected chi connectivity index (χ3v) is 4.37. The van der Waals surface area contributed by atoms with Crippen LogP contribution >= 0.6 is 11.3 Å². The van der Waals surface area contributed by atoms with Crippen LogP contribution in [0.25, 0.3) is 0 Å². The van der Waals surface area contributed by atoms with Crippen molar-refractivity contribution in [2.24, 2.45) is 5.92 Å². The molecule has 1 rings (SSSR count). The Labute approximate surface area is 128 Å². The summed E-state index contributed by atoms with van der Waals surface area (Å²) in [5.41, 5.74) is 1.31. The predicted molar refractivity (Wildman–Crippen MR) is 87.6 cm³/mol. The topological polar surface area (TPSA) is 34.1 Å². The van der Waals surface area contributed by atoms with Crippen molar-refractivity contribution < 1.29 is 4.74 Å². The minimum atomic E-state index is 0.126. The van der Waals surface area contributed by atoms with E-state index in [0.717, 1.165) is 13.0 Å². The SMILES string of the molecule is CCOC(C(C)C)C(Cc1nc(C(C)(C)C)cs1)NC. The number of hydrogen-bond donors (Lipinski definition) is 1. The normalized spacial score (nSPS) is 15.6. The van der Waals surface area contributed by atoms with Crippen LogP contribution in [-0.4, -0.2) is 30.8 Å². The van der Waals surface area contributed by atoms with Crippen molar-refractivity contribution in [1.29, 1.82) is 0 Å². The fourth-order valence-electron chi connectivity index (χ4n) is 2.29. The monoisotopic (exact) mass is 298 g/mol. The standard InChI is InChI=1S/C16H30N2OS/c1-8-19-15(11(2)3)12(17-7)9-14-18-13(10-20-14)16(4,5)6/h10-12,15,17H,8-9H2,1-7H3. The number of rotatable bonds is 7. The molecule has 2 unspecified atom stereocenters. The van der Waals surface area contributed by atoms with Crippen molar-refractivity contribution in [1.82, 2.24) is 10.3 Å². The Morgan fingerprint density at radius 1 is 1.35 bits per heavy atom. The fourth-order valence-corrected chi connectivity index (χ4v) is 3.37. The second-order valence-electron chi connectivity index (χ2n) is 6.64. The third kappa shape index (κ3) is 4.83. The van der Waals surface area contributed by atoms with Gasteiger partial charge in [0.25, 0.3) is 0 Å². The number of nitrogens with zero attached hydrogens (tertiary/aromatic N) is 1. The van der Waals surface area contributed by atoms with Crippen LogP contribution in [0.5, 0.6) is 0 Å². The Morgan fingerprint density at radius 2 is 2.00 bits per heavy atom. The second kappa shape index (κ2) is 7.53. The summed E-state index contributed by atoms with van der Waals surface area (Å²) < 4.78 is 5.92. The minimum absolute atomic E-state index is 0.126. The fraction of sp³-hybridized carbons (Fsp3) is 0.812. The molecule has 1 N–H and O–H groups in total. The Balaban J connectivity index is 2.79. The summed E-state index contributed by atoms with van der Waals surface area (Å²) in [5.74, 6) is 0.495. The molecule has 2 atom stereocenters. The first-order chi connectivity index (χ1) is 9.29. The highest BCUT2D eigenvalue weighted by Crippen LogP contribution is 2.25. The van der Waals surface area contributed by atoms with E-state index in [0.29, 0.717) is 12.0 Å². The lowest BCUT2D eigenvalue weighted by Gasteiger charge is -2.29. The van der Waals surface area contributed by atoms with Crippen molar-refractivity contribution in [3.8, 4) is 0 Å². The van der Waals surface area contributed by atoms with Gasteiger partial charge in [-0.3, -0.25) is 0 Å². The van der Waals surface area contributed by atoms with Crippen molar-refractivity contribution in [2.75, 3.05) is 13.7 Å². The highest BCUT2D eigenvalue weighted by atomic mass is 32.1. The van der Waals surface area contributed by atoms with E-state index in [1.165, 1.54) is 10.7 Å². The Kier molecular flexibility index (Phi) is 6.62. The molecule has 0 fully saturated rings. The summed E-state index contributed by atoms with van der Waals surface area (Å²) in [6, 6.07) is 0.314. The molecule has 4 heteroatoms.